The van der Waals surface area contributed by atoms with Crippen molar-refractivity contribution >= 4 is 60.3 Å². The van der Waals surface area contributed by atoms with E-state index in [1.165, 1.54) is 27.8 Å². The number of imidazole rings is 1. The summed E-state index contributed by atoms with van der Waals surface area (Å²) in [5.41, 5.74) is 18.6. The number of para-hydroxylation sites is 4. The summed E-state index contributed by atoms with van der Waals surface area (Å²) in [7, 11) is 0. The van der Waals surface area contributed by atoms with E-state index in [0.717, 1.165) is 92.3 Å². The van der Waals surface area contributed by atoms with Gasteiger partial charge in [0.2, 0.25) is 0 Å². The van der Waals surface area contributed by atoms with E-state index in [4.69, 9.17) is 14.1 Å². The second-order valence-electron chi connectivity index (χ2n) is 26.3. The molecule has 0 spiro atoms. The first-order valence-corrected chi connectivity index (χ1v) is 29.9. The van der Waals surface area contributed by atoms with E-state index >= 15 is 0 Å². The van der Waals surface area contributed by atoms with Crippen LogP contribution in [0.2, 0.25) is 0 Å². The van der Waals surface area contributed by atoms with Crippen LogP contribution in [-0.2, 0) is 41.0 Å². The van der Waals surface area contributed by atoms with E-state index in [-0.39, 0.29) is 21.7 Å². The van der Waals surface area contributed by atoms with Gasteiger partial charge >= 0.3 is 445 Å². The number of nitrogens with zero attached hydrogens (tertiary/aromatic N) is 4. The standard InChI is InChI=1S/C76H68N4O2.Pt/c1-73(2,3)51-25-18-24-49(40-51)57-27-19-28-58(50-41-53(75(7,8)9)43-54(42-50)76(10,11)12)70(57)78-47-79-67-46-56(35-37-68(67)82-72-59(48-22-14-13-15-23-48)29-20-31-63(72)62-30-21-33-65(78)71(62)79)81-55-34-36-61-60-26-16-17-32-64(60)80(66(61)45-55)69-44-52(38-39-77-69)74(4,5)6;/h13-44H,1-12H3;/q-2;. The normalized spacial score (nSPS) is 12.7. The predicted molar refractivity (Wildman–Crippen MR) is 341 cm³/mol. The number of fused-ring (bicyclic) bond motifs is 7. The predicted octanol–water partition coefficient (Wildman–Crippen LogP) is 20.5. The van der Waals surface area contributed by atoms with Gasteiger partial charge in [-0.2, -0.15) is 0 Å². The zero-order valence-electron chi connectivity index (χ0n) is 49.4. The van der Waals surface area contributed by atoms with Crippen LogP contribution in [0.3, 0.4) is 0 Å². The average Bonchev–Trinajstić information content (AvgIpc) is 2.27. The molecule has 7 heteroatoms. The summed E-state index contributed by atoms with van der Waals surface area (Å²) in [6.45, 7) is 27.5. The Labute approximate surface area is 497 Å². The van der Waals surface area contributed by atoms with Crippen molar-refractivity contribution in [3.05, 3.63) is 232 Å². The summed E-state index contributed by atoms with van der Waals surface area (Å²) in [4.78, 5) is 4.95. The van der Waals surface area contributed by atoms with Crippen LogP contribution in [0.1, 0.15) is 105 Å². The Bertz CT molecular complexity index is 4800. The molecule has 0 radical (unpaired) electrons. The molecule has 0 aliphatic carbocycles. The third kappa shape index (κ3) is 9.59. The van der Waals surface area contributed by atoms with Crippen LogP contribution < -0.4 is 4.74 Å². The third-order valence-electron chi connectivity index (χ3n) is 16.4. The van der Waals surface area contributed by atoms with Crippen molar-refractivity contribution in [3.63, 3.8) is 0 Å². The van der Waals surface area contributed by atoms with Gasteiger partial charge in [-0.05, 0) is 17.0 Å². The van der Waals surface area contributed by atoms with E-state index in [2.05, 4.69) is 298 Å². The molecule has 83 heavy (non-hydrogen) atoms. The topological polar surface area (TPSA) is 49.5 Å². The van der Waals surface area contributed by atoms with Crippen LogP contribution in [0, 0.1) is 15.9 Å². The number of hydrogen-bond acceptors (Lipinski definition) is 3. The minimum absolute atomic E-state index is 0.0651. The van der Waals surface area contributed by atoms with Crippen molar-refractivity contribution in [3.8, 4) is 56.4 Å². The van der Waals surface area contributed by atoms with Crippen molar-refractivity contribution in [2.45, 2.75) is 105 Å². The van der Waals surface area contributed by atoms with E-state index < -0.39 is 0 Å². The van der Waals surface area contributed by atoms with Gasteiger partial charge in [-0.25, -0.2) is 0 Å². The number of hydrogen-bond donors (Lipinski definition) is 0. The number of rotatable bonds is 7. The van der Waals surface area contributed by atoms with Crippen molar-refractivity contribution in [1.82, 2.24) is 18.5 Å². The van der Waals surface area contributed by atoms with Gasteiger partial charge in [0.05, 0.1) is 0 Å². The van der Waals surface area contributed by atoms with Crippen LogP contribution in [0.4, 0.5) is 0 Å². The second-order valence-corrected chi connectivity index (χ2v) is 27.3. The minimum atomic E-state index is -0.0980. The molecule has 13 rings (SSSR count). The van der Waals surface area contributed by atoms with E-state index in [1.807, 2.05) is 24.4 Å². The van der Waals surface area contributed by atoms with Crippen LogP contribution in [0.5, 0.6) is 11.5 Å². The summed E-state index contributed by atoms with van der Waals surface area (Å²) in [5.74, 6) is 1.91. The van der Waals surface area contributed by atoms with Gasteiger partial charge in [-0.3, -0.25) is 0 Å². The maximum absolute atomic E-state index is 7.40. The van der Waals surface area contributed by atoms with E-state index in [9.17, 15) is 0 Å². The molecule has 0 fully saturated rings. The number of ether oxygens (including phenoxy) is 1. The van der Waals surface area contributed by atoms with Crippen LogP contribution in [0.15, 0.2) is 199 Å². The van der Waals surface area contributed by atoms with Gasteiger partial charge in [0.15, 0.2) is 0 Å². The fourth-order valence-corrected chi connectivity index (χ4v) is 12.8. The Morgan fingerprint density at radius 2 is 0.988 bits per heavy atom. The van der Waals surface area contributed by atoms with E-state index in [1.54, 1.807) is 0 Å². The van der Waals surface area contributed by atoms with Crippen molar-refractivity contribution in [2.24, 2.45) is 0 Å². The fourth-order valence-electron chi connectivity index (χ4n) is 11.8. The molecule has 0 atom stereocenters. The first kappa shape index (κ1) is 54.0. The van der Waals surface area contributed by atoms with Crippen LogP contribution >= 0.6 is 0 Å². The number of pyridine rings is 1. The molecule has 9 aromatic carbocycles. The summed E-state index contributed by atoms with van der Waals surface area (Å²) in [5, 5.41) is 4.21. The van der Waals surface area contributed by atoms with Gasteiger partial charge in [0.1, 0.15) is 0 Å². The van der Waals surface area contributed by atoms with Crippen LogP contribution in [-0.4, -0.2) is 18.5 Å². The quantitative estimate of drug-likeness (QED) is 0.149. The molecule has 0 aliphatic rings. The summed E-state index contributed by atoms with van der Waals surface area (Å²) >= 11 is 2.56. The van der Waals surface area contributed by atoms with Gasteiger partial charge in [-0.1, -0.05) is 32.9 Å². The Hall–Kier alpha value is -8.31. The molecule has 4 heterocycles. The molecule has 0 N–H and O–H groups in total. The summed E-state index contributed by atoms with van der Waals surface area (Å²) in [6.07, 6.45) is 1.91. The van der Waals surface area contributed by atoms with Gasteiger partial charge in [0.25, 0.3) is 0 Å². The summed E-state index contributed by atoms with van der Waals surface area (Å²) < 4.78 is 22.4. The first-order chi connectivity index (χ1) is 39.6. The van der Waals surface area contributed by atoms with Crippen molar-refractivity contribution < 1.29 is 28.5 Å². The Morgan fingerprint density at radius 3 is 1.71 bits per heavy atom. The van der Waals surface area contributed by atoms with Gasteiger partial charge < -0.3 is 0 Å². The molecule has 0 unspecified atom stereocenters. The maximum atomic E-state index is 7.40. The zero-order chi connectivity index (χ0) is 57.9. The molecule has 13 aromatic rings. The Morgan fingerprint density at radius 1 is 0.434 bits per heavy atom. The molecule has 0 aliphatic heterocycles. The SMILES string of the molecule is CC(C)(C)c1cccc(-c2cccc(-c3cc(C(C)(C)C)cc(C(C)(C)C)c3)c2-n2[c](=[Pt])n3c4[c-]c(Oc5[c-]c6c(cc5)c5ccccc5n6-c5cc(C(C)(C)C)ccn5)ccc4oc4c(-c5ccccc5)cccc4c4cccc2c43)c1. The number of benzene rings is 9. The average molecular weight is 1260 g/mol. The molecular weight excluding hydrogens is 1200 g/mol. The zero-order valence-corrected chi connectivity index (χ0v) is 51.7. The Kier molecular flexibility index (Phi) is 13.0. The monoisotopic (exact) mass is 1260 g/mol. The van der Waals surface area contributed by atoms with Gasteiger partial charge in [0, 0.05) is 6.20 Å². The first-order valence-electron chi connectivity index (χ1n) is 28.8. The molecule has 4 aromatic heterocycles. The van der Waals surface area contributed by atoms with Crippen molar-refractivity contribution in [1.29, 1.82) is 0 Å². The third-order valence-corrected chi connectivity index (χ3v) is 17.4. The Balaban J connectivity index is 1.12. The molecule has 0 bridgehead atoms. The number of aromatic nitrogens is 4. The van der Waals surface area contributed by atoms with E-state index in [0.29, 0.717) is 22.6 Å². The summed E-state index contributed by atoms with van der Waals surface area (Å²) in [6, 6.07) is 75.5. The van der Waals surface area contributed by atoms with Crippen LogP contribution in [0.25, 0.3) is 105 Å². The second kappa shape index (κ2) is 20.0. The van der Waals surface area contributed by atoms with Gasteiger partial charge in [-0.15, -0.1) is 0 Å². The fraction of sp³-hybridized carbons (Fsp3) is 0.211. The molecule has 0 saturated carbocycles. The molecule has 416 valence electrons. The molecule has 6 nitrogen and oxygen atoms in total. The molecular formula is C76H68N4O2Pt-2. The molecule has 0 amide bonds. The van der Waals surface area contributed by atoms with Crippen molar-refractivity contribution in [2.75, 3.05) is 0 Å². The molecule has 0 saturated heterocycles.